The molecule has 3 aliphatic heterocycles. The van der Waals surface area contributed by atoms with E-state index in [1.54, 1.807) is 31.1 Å². The van der Waals surface area contributed by atoms with Crippen molar-refractivity contribution in [2.45, 2.75) is 99.9 Å². The molecule has 6 rings (SSSR count). The van der Waals surface area contributed by atoms with Gasteiger partial charge in [0.05, 0.1) is 18.3 Å². The summed E-state index contributed by atoms with van der Waals surface area (Å²) in [7, 11) is -0.380. The highest BCUT2D eigenvalue weighted by Crippen LogP contribution is 2.46. The largest absolute Gasteiger partial charge is 0.444 e. The molecule has 4 amide bonds. The quantitative estimate of drug-likeness (QED) is 0.304. The van der Waals surface area contributed by atoms with Crippen molar-refractivity contribution in [3.8, 4) is 0 Å². The molecule has 3 fully saturated rings. The van der Waals surface area contributed by atoms with E-state index in [4.69, 9.17) is 17.0 Å². The molecule has 0 spiro atoms. The second kappa shape index (κ2) is 13.8. The maximum absolute atomic E-state index is 14.4. The van der Waals surface area contributed by atoms with Gasteiger partial charge in [-0.25, -0.2) is 17.6 Å². The van der Waals surface area contributed by atoms with Crippen LogP contribution in [0.4, 0.5) is 9.18 Å². The van der Waals surface area contributed by atoms with E-state index >= 15 is 0 Å². The zero-order chi connectivity index (χ0) is 35.1. The molecule has 0 unspecified atom stereocenters. The fraction of sp³-hybridized carbons (Fsp3) is 0.606. The van der Waals surface area contributed by atoms with Crippen molar-refractivity contribution < 1.29 is 36.7 Å². The molecule has 13 nitrogen and oxygen atoms in total. The lowest BCUT2D eigenvalue weighted by Gasteiger charge is -2.31. The number of rotatable bonds is 5. The number of fused-ring (bicyclic) bond motifs is 3. The van der Waals surface area contributed by atoms with Crippen LogP contribution in [0.15, 0.2) is 30.4 Å². The van der Waals surface area contributed by atoms with Gasteiger partial charge in [0, 0.05) is 38.5 Å². The third-order valence-electron chi connectivity index (χ3n) is 10.00. The number of nitrogens with one attached hydrogen (secondary N) is 3. The fourth-order valence-corrected chi connectivity index (χ4v) is 8.36. The van der Waals surface area contributed by atoms with Crippen LogP contribution in [0.2, 0.25) is 0 Å². The van der Waals surface area contributed by atoms with Crippen LogP contribution < -0.4 is 15.4 Å². The molecule has 0 aromatic heterocycles. The molecule has 0 bridgehead atoms. The molecule has 49 heavy (non-hydrogen) atoms. The molecule has 266 valence electrons. The molecule has 2 aliphatic carbocycles. The van der Waals surface area contributed by atoms with Gasteiger partial charge in [-0.1, -0.05) is 37.1 Å². The lowest BCUT2D eigenvalue weighted by Crippen LogP contribution is -2.58. The van der Waals surface area contributed by atoms with Crippen LogP contribution in [0, 0.1) is 11.7 Å². The van der Waals surface area contributed by atoms with Crippen molar-refractivity contribution in [2.24, 2.45) is 5.92 Å². The Labute approximate surface area is 291 Å². The molecule has 1 aromatic carbocycles. The lowest BCUT2D eigenvalue weighted by atomic mass is 10.0. The van der Waals surface area contributed by atoms with E-state index < -0.39 is 74.5 Å². The molecule has 3 heterocycles. The maximum Gasteiger partial charge on any atom is 0.410 e. The van der Waals surface area contributed by atoms with Gasteiger partial charge in [-0.2, -0.15) is 0 Å². The number of allylic oxidation sites excluding steroid dienone is 1. The average Bonchev–Trinajstić information content (AvgIpc) is 3.93. The Balaban J connectivity index is 1.25. The van der Waals surface area contributed by atoms with E-state index in [2.05, 4.69) is 15.4 Å². The van der Waals surface area contributed by atoms with E-state index in [1.807, 2.05) is 12.2 Å². The summed E-state index contributed by atoms with van der Waals surface area (Å²) in [5.41, 5.74) is -0.412. The third kappa shape index (κ3) is 7.54. The van der Waals surface area contributed by atoms with Crippen LogP contribution in [0.3, 0.4) is 0 Å². The number of amides is 4. The summed E-state index contributed by atoms with van der Waals surface area (Å²) in [4.78, 5) is 59.7. The summed E-state index contributed by atoms with van der Waals surface area (Å²) in [6.45, 7) is 0.100. The monoisotopic (exact) mass is 718 g/mol. The Kier molecular flexibility index (Phi) is 9.90. The van der Waals surface area contributed by atoms with Crippen molar-refractivity contribution in [3.05, 3.63) is 47.3 Å². The predicted molar refractivity (Wildman–Crippen MR) is 181 cm³/mol. The minimum Gasteiger partial charge on any atom is -0.444 e. The standard InChI is InChI=1S/C33H43FN6O7S2/c1-38(2)31(48)35-26-12-7-5-3-4-6-10-21-16-33(21,30(43)37-49(45,46)23-13-14-23)36-28(41)27-15-22(18-40(27)29(26)42)47-32(44)39-17-20-9-8-11-25(34)24(20)19-39/h6,8-11,21-23,26-27H,3-5,7,12-19H2,1-2H3,(H,35,48)(H,36,41)(H,37,43)/t21-,22-,26+,27+,33-/m1/s1. The Morgan fingerprint density at radius 2 is 1.90 bits per heavy atom. The predicted octanol–water partition coefficient (Wildman–Crippen LogP) is 2.06. The molecular formula is C33H43FN6O7S2. The van der Waals surface area contributed by atoms with Crippen LogP contribution in [0.5, 0.6) is 0 Å². The number of halogens is 1. The first-order chi connectivity index (χ1) is 23.3. The number of carbonyl (C=O) groups excluding carboxylic acids is 4. The first-order valence-corrected chi connectivity index (χ1v) is 18.8. The van der Waals surface area contributed by atoms with E-state index in [0.717, 1.165) is 19.3 Å². The Morgan fingerprint density at radius 3 is 2.61 bits per heavy atom. The van der Waals surface area contributed by atoms with Gasteiger partial charge in [0.25, 0.3) is 5.91 Å². The molecule has 16 heteroatoms. The van der Waals surface area contributed by atoms with Crippen molar-refractivity contribution >= 4 is 51.2 Å². The summed E-state index contributed by atoms with van der Waals surface area (Å²) in [5.74, 6) is -2.71. The van der Waals surface area contributed by atoms with Crippen LogP contribution in [0.1, 0.15) is 68.9 Å². The number of ether oxygens (including phenoxy) is 1. The van der Waals surface area contributed by atoms with Crippen LogP contribution in [-0.4, -0.2) is 102 Å². The van der Waals surface area contributed by atoms with E-state index in [0.29, 0.717) is 41.9 Å². The Bertz CT molecular complexity index is 1670. The summed E-state index contributed by atoms with van der Waals surface area (Å²) < 4.78 is 47.8. The number of hydrogen-bond donors (Lipinski definition) is 3. The van der Waals surface area contributed by atoms with Crippen molar-refractivity contribution in [1.29, 1.82) is 0 Å². The molecule has 3 N–H and O–H groups in total. The van der Waals surface area contributed by atoms with Gasteiger partial charge in [-0.3, -0.25) is 24.0 Å². The van der Waals surface area contributed by atoms with Crippen LogP contribution >= 0.6 is 12.2 Å². The second-order valence-corrected chi connectivity index (χ2v) is 16.2. The summed E-state index contributed by atoms with van der Waals surface area (Å²) >= 11 is 5.47. The first kappa shape index (κ1) is 35.1. The normalized spacial score (nSPS) is 28.6. The fourth-order valence-electron chi connectivity index (χ4n) is 6.85. The highest BCUT2D eigenvalue weighted by molar-refractivity contribution is 7.91. The number of hydrogen-bond acceptors (Lipinski definition) is 8. The van der Waals surface area contributed by atoms with Gasteiger partial charge in [0.15, 0.2) is 5.11 Å². The van der Waals surface area contributed by atoms with Gasteiger partial charge >= 0.3 is 6.09 Å². The zero-order valence-electron chi connectivity index (χ0n) is 27.7. The first-order valence-electron chi connectivity index (χ1n) is 16.8. The van der Waals surface area contributed by atoms with Crippen molar-refractivity contribution in [3.63, 3.8) is 0 Å². The molecular weight excluding hydrogens is 676 g/mol. The van der Waals surface area contributed by atoms with Crippen molar-refractivity contribution in [2.75, 3.05) is 20.6 Å². The number of benzene rings is 1. The van der Waals surface area contributed by atoms with E-state index in [1.165, 1.54) is 15.9 Å². The number of nitrogens with zero attached hydrogens (tertiary/aromatic N) is 3. The van der Waals surface area contributed by atoms with Gasteiger partial charge < -0.3 is 25.2 Å². The molecule has 2 saturated carbocycles. The summed E-state index contributed by atoms with van der Waals surface area (Å²) in [6.07, 6.45) is 6.82. The number of sulfonamides is 1. The molecule has 5 atom stereocenters. The molecule has 1 saturated heterocycles. The molecule has 1 aromatic rings. The highest BCUT2D eigenvalue weighted by Gasteiger charge is 2.62. The SMILES string of the molecule is CN(C)C(=S)N[C@H]1CCCCCC=C[C@@H]2C[C@@]2(C(=O)NS(=O)(=O)C2CC2)NC(=O)[C@@H]2C[C@@H](OC(=O)N3Cc4cccc(F)c4C3)CN2C1=O. The third-order valence-corrected chi connectivity index (χ3v) is 12.3. The van der Waals surface area contributed by atoms with Crippen molar-refractivity contribution in [1.82, 2.24) is 30.1 Å². The summed E-state index contributed by atoms with van der Waals surface area (Å²) in [6, 6.07) is 2.76. The minimum absolute atomic E-state index is 0.0321. The zero-order valence-corrected chi connectivity index (χ0v) is 29.3. The van der Waals surface area contributed by atoms with E-state index in [9.17, 15) is 32.0 Å². The minimum atomic E-state index is -3.89. The maximum atomic E-state index is 14.4. The molecule has 5 aliphatic rings. The van der Waals surface area contributed by atoms with Gasteiger partial charge in [-0.05, 0) is 62.4 Å². The second-order valence-electron chi connectivity index (χ2n) is 13.9. The van der Waals surface area contributed by atoms with E-state index in [-0.39, 0.29) is 32.5 Å². The molecule has 0 radical (unpaired) electrons. The smallest absolute Gasteiger partial charge is 0.410 e. The number of carbonyl (C=O) groups is 4. The van der Waals surface area contributed by atoms with Gasteiger partial charge in [0.1, 0.15) is 29.5 Å². The summed E-state index contributed by atoms with van der Waals surface area (Å²) in [5, 5.41) is 5.66. The Hall–Kier alpha value is -3.79. The lowest BCUT2D eigenvalue weighted by molar-refractivity contribution is -0.141. The Morgan fingerprint density at radius 1 is 1.12 bits per heavy atom. The van der Waals surface area contributed by atoms with Crippen LogP contribution in [0.25, 0.3) is 0 Å². The van der Waals surface area contributed by atoms with Gasteiger partial charge in [-0.15, -0.1) is 0 Å². The average molecular weight is 719 g/mol. The highest BCUT2D eigenvalue weighted by atomic mass is 32.2. The van der Waals surface area contributed by atoms with Gasteiger partial charge in [0.2, 0.25) is 21.8 Å². The van der Waals surface area contributed by atoms with Crippen LogP contribution in [-0.2, 0) is 42.2 Å². The number of thiocarbonyl (C=S) groups is 1. The topological polar surface area (TPSA) is 157 Å².